The van der Waals surface area contributed by atoms with Crippen molar-refractivity contribution in [3.05, 3.63) is 63.6 Å². The van der Waals surface area contributed by atoms with E-state index in [1.54, 1.807) is 36.4 Å². The van der Waals surface area contributed by atoms with E-state index < -0.39 is 11.7 Å². The smallest absolute Gasteiger partial charge is 0.408 e. The molecule has 2 N–H and O–H groups in total. The molecule has 128 valence electrons. The van der Waals surface area contributed by atoms with Gasteiger partial charge in [0.1, 0.15) is 6.54 Å². The Morgan fingerprint density at radius 3 is 2.76 bits per heavy atom. The van der Waals surface area contributed by atoms with Crippen molar-refractivity contribution >= 4 is 40.2 Å². The molecule has 3 aromatic rings. The summed E-state index contributed by atoms with van der Waals surface area (Å²) in [5.41, 5.74) is 1.66. The molecule has 0 atom stereocenters. The lowest BCUT2D eigenvalue weighted by Crippen LogP contribution is -2.25. The van der Waals surface area contributed by atoms with Crippen LogP contribution in [-0.4, -0.2) is 23.4 Å². The molecule has 0 aliphatic heterocycles. The minimum atomic E-state index is -0.647. The lowest BCUT2D eigenvalue weighted by Gasteiger charge is -2.07. The number of carbonyl (C=O) groups is 2. The van der Waals surface area contributed by atoms with E-state index in [4.69, 9.17) is 16.0 Å². The molecule has 7 nitrogen and oxygen atoms in total. The van der Waals surface area contributed by atoms with Crippen molar-refractivity contribution in [2.24, 2.45) is 0 Å². The van der Waals surface area contributed by atoms with E-state index >= 15 is 0 Å². The monoisotopic (exact) mass is 359 g/mol. The number of oxazole rings is 1. The molecular formula is C17H14ClN3O4. The summed E-state index contributed by atoms with van der Waals surface area (Å²) in [5, 5.41) is 5.60. The summed E-state index contributed by atoms with van der Waals surface area (Å²) in [6, 6.07) is 11.2. The summed E-state index contributed by atoms with van der Waals surface area (Å²) in [6.45, 7) is -0.225. The number of nitrogens with one attached hydrogen (secondary N) is 2. The molecule has 8 heteroatoms. The van der Waals surface area contributed by atoms with Gasteiger partial charge in [-0.3, -0.25) is 14.2 Å². The molecule has 2 amide bonds. The van der Waals surface area contributed by atoms with Crippen LogP contribution in [0.15, 0.2) is 51.7 Å². The minimum absolute atomic E-state index is 0.225. The highest BCUT2D eigenvalue weighted by Crippen LogP contribution is 2.18. The fourth-order valence-electron chi connectivity index (χ4n) is 2.42. The van der Waals surface area contributed by atoms with Gasteiger partial charge in [0.15, 0.2) is 5.58 Å². The molecular weight excluding hydrogens is 346 g/mol. The van der Waals surface area contributed by atoms with Crippen LogP contribution >= 0.6 is 11.6 Å². The third kappa shape index (κ3) is 3.56. The molecule has 0 bridgehead atoms. The fourth-order valence-corrected chi connectivity index (χ4v) is 2.58. The van der Waals surface area contributed by atoms with Crippen molar-refractivity contribution in [1.29, 1.82) is 0 Å². The van der Waals surface area contributed by atoms with Gasteiger partial charge in [0, 0.05) is 29.4 Å². The number of hydrogen-bond acceptors (Lipinski definition) is 4. The van der Waals surface area contributed by atoms with Gasteiger partial charge in [-0.15, -0.1) is 0 Å². The van der Waals surface area contributed by atoms with Crippen molar-refractivity contribution in [2.75, 3.05) is 12.4 Å². The van der Waals surface area contributed by atoms with E-state index in [1.165, 1.54) is 17.7 Å². The zero-order valence-electron chi connectivity index (χ0n) is 13.2. The van der Waals surface area contributed by atoms with Gasteiger partial charge in [0.25, 0.3) is 5.91 Å². The van der Waals surface area contributed by atoms with Gasteiger partial charge >= 0.3 is 5.76 Å². The highest BCUT2D eigenvalue weighted by Gasteiger charge is 2.13. The van der Waals surface area contributed by atoms with Gasteiger partial charge in [-0.2, -0.15) is 0 Å². The summed E-state index contributed by atoms with van der Waals surface area (Å²) in [5.74, 6) is -1.33. The third-order valence-corrected chi connectivity index (χ3v) is 3.80. The van der Waals surface area contributed by atoms with Crippen LogP contribution in [0.2, 0.25) is 5.02 Å². The molecule has 1 heterocycles. The van der Waals surface area contributed by atoms with Crippen molar-refractivity contribution in [3.8, 4) is 0 Å². The van der Waals surface area contributed by atoms with Crippen LogP contribution in [0.1, 0.15) is 10.4 Å². The fraction of sp³-hybridized carbons (Fsp3) is 0.118. The number of anilines is 1. The van der Waals surface area contributed by atoms with Crippen molar-refractivity contribution < 1.29 is 14.0 Å². The Morgan fingerprint density at radius 1 is 1.20 bits per heavy atom. The zero-order chi connectivity index (χ0) is 18.0. The molecule has 0 spiro atoms. The topological polar surface area (TPSA) is 93.3 Å². The number of aromatic nitrogens is 1. The first-order valence-corrected chi connectivity index (χ1v) is 7.76. The number of halogens is 1. The quantitative estimate of drug-likeness (QED) is 0.747. The highest BCUT2D eigenvalue weighted by molar-refractivity contribution is 6.31. The van der Waals surface area contributed by atoms with Crippen LogP contribution in [0.4, 0.5) is 5.69 Å². The Hall–Kier alpha value is -3.06. The highest BCUT2D eigenvalue weighted by atomic mass is 35.5. The van der Waals surface area contributed by atoms with Crippen LogP contribution in [0.25, 0.3) is 11.1 Å². The predicted molar refractivity (Wildman–Crippen MR) is 93.9 cm³/mol. The number of rotatable bonds is 4. The van der Waals surface area contributed by atoms with E-state index in [-0.39, 0.29) is 12.5 Å². The SMILES string of the molecule is CNC(=O)c1cccc(NC(=O)Cn2c(=O)oc3cc(Cl)ccc32)c1. The third-order valence-electron chi connectivity index (χ3n) is 3.57. The van der Waals surface area contributed by atoms with Crippen LogP contribution in [-0.2, 0) is 11.3 Å². The number of benzene rings is 2. The summed E-state index contributed by atoms with van der Waals surface area (Å²) < 4.78 is 6.30. The Bertz CT molecular complexity index is 1020. The molecule has 0 aliphatic carbocycles. The van der Waals surface area contributed by atoms with Gasteiger partial charge < -0.3 is 15.1 Å². The number of fused-ring (bicyclic) bond motifs is 1. The molecule has 25 heavy (non-hydrogen) atoms. The number of amides is 2. The van der Waals surface area contributed by atoms with Crippen molar-refractivity contribution in [2.45, 2.75) is 6.54 Å². The average molecular weight is 360 g/mol. The Balaban J connectivity index is 1.81. The van der Waals surface area contributed by atoms with E-state index in [9.17, 15) is 14.4 Å². The molecule has 0 saturated heterocycles. The molecule has 0 saturated carbocycles. The normalized spacial score (nSPS) is 10.6. The second-order valence-corrected chi connectivity index (χ2v) is 5.71. The standard InChI is InChI=1S/C17H14ClN3O4/c1-19-16(23)10-3-2-4-12(7-10)20-15(22)9-21-13-6-5-11(18)8-14(13)25-17(21)24/h2-8H,9H2,1H3,(H,19,23)(H,20,22). The van der Waals surface area contributed by atoms with Gasteiger partial charge in [-0.05, 0) is 30.3 Å². The van der Waals surface area contributed by atoms with Gasteiger partial charge in [0.05, 0.1) is 5.52 Å². The molecule has 0 radical (unpaired) electrons. The Labute approximate surface area is 147 Å². The predicted octanol–water partition coefficient (Wildman–Crippen LogP) is 2.25. The van der Waals surface area contributed by atoms with Crippen LogP contribution in [0, 0.1) is 0 Å². The molecule has 0 fully saturated rings. The van der Waals surface area contributed by atoms with Crippen LogP contribution < -0.4 is 16.4 Å². The summed E-state index contributed by atoms with van der Waals surface area (Å²) >= 11 is 5.86. The first-order chi connectivity index (χ1) is 12.0. The summed E-state index contributed by atoms with van der Waals surface area (Å²) in [6.07, 6.45) is 0. The Kier molecular flexibility index (Phi) is 4.58. The number of nitrogens with zero attached hydrogens (tertiary/aromatic N) is 1. The van der Waals surface area contributed by atoms with Crippen molar-refractivity contribution in [3.63, 3.8) is 0 Å². The molecule has 2 aromatic carbocycles. The second-order valence-electron chi connectivity index (χ2n) is 5.27. The largest absolute Gasteiger partial charge is 0.420 e. The average Bonchev–Trinajstić information content (AvgIpc) is 2.89. The second kappa shape index (κ2) is 6.82. The maximum atomic E-state index is 12.3. The van der Waals surface area contributed by atoms with E-state index in [1.807, 2.05) is 0 Å². The number of carbonyl (C=O) groups excluding carboxylic acids is 2. The lowest BCUT2D eigenvalue weighted by atomic mass is 10.2. The van der Waals surface area contributed by atoms with Gasteiger partial charge in [-0.25, -0.2) is 4.79 Å². The molecule has 3 rings (SSSR count). The molecule has 0 aliphatic rings. The molecule has 1 aromatic heterocycles. The van der Waals surface area contributed by atoms with E-state index in [0.29, 0.717) is 27.4 Å². The van der Waals surface area contributed by atoms with E-state index in [0.717, 1.165) is 0 Å². The minimum Gasteiger partial charge on any atom is -0.408 e. The van der Waals surface area contributed by atoms with Crippen molar-refractivity contribution in [1.82, 2.24) is 9.88 Å². The van der Waals surface area contributed by atoms with Gasteiger partial charge in [-0.1, -0.05) is 17.7 Å². The first-order valence-electron chi connectivity index (χ1n) is 7.39. The summed E-state index contributed by atoms with van der Waals surface area (Å²) in [7, 11) is 1.52. The zero-order valence-corrected chi connectivity index (χ0v) is 14.0. The van der Waals surface area contributed by atoms with Crippen LogP contribution in [0.5, 0.6) is 0 Å². The molecule has 0 unspecified atom stereocenters. The number of hydrogen-bond donors (Lipinski definition) is 2. The first kappa shape index (κ1) is 16.8. The maximum Gasteiger partial charge on any atom is 0.420 e. The van der Waals surface area contributed by atoms with Crippen LogP contribution in [0.3, 0.4) is 0 Å². The summed E-state index contributed by atoms with van der Waals surface area (Å²) in [4.78, 5) is 35.8. The van der Waals surface area contributed by atoms with E-state index in [2.05, 4.69) is 10.6 Å². The maximum absolute atomic E-state index is 12.3. The lowest BCUT2D eigenvalue weighted by molar-refractivity contribution is -0.116. The van der Waals surface area contributed by atoms with Gasteiger partial charge in [0.2, 0.25) is 5.91 Å². The Morgan fingerprint density at radius 2 is 2.00 bits per heavy atom.